The molecule has 0 N–H and O–H groups in total. The topological polar surface area (TPSA) is 12.9 Å². The molecule has 0 aromatic carbocycles. The number of rotatable bonds is 0. The van der Waals surface area contributed by atoms with Crippen LogP contribution in [0.15, 0.2) is 12.1 Å². The number of hydrogen-bond donors (Lipinski definition) is 0. The summed E-state index contributed by atoms with van der Waals surface area (Å²) in [5, 5.41) is 0.154. The molecular formula is C5H2ClFNY-. The molecule has 0 saturated heterocycles. The van der Waals surface area contributed by atoms with Gasteiger partial charge >= 0.3 is 0 Å². The van der Waals surface area contributed by atoms with Gasteiger partial charge in [0.2, 0.25) is 0 Å². The molecular weight excluding hydrogens is 217 g/mol. The van der Waals surface area contributed by atoms with Gasteiger partial charge in [-0.1, -0.05) is 11.6 Å². The van der Waals surface area contributed by atoms with Crippen LogP contribution in [-0.4, -0.2) is 4.98 Å². The van der Waals surface area contributed by atoms with Crippen molar-refractivity contribution in [3.05, 3.63) is 29.3 Å². The van der Waals surface area contributed by atoms with Crippen LogP contribution >= 0.6 is 11.6 Å². The summed E-state index contributed by atoms with van der Waals surface area (Å²) in [4.78, 5) is 3.22. The fourth-order valence-electron chi connectivity index (χ4n) is 0.343. The Bertz CT molecular complexity index is 177. The summed E-state index contributed by atoms with van der Waals surface area (Å²) in [6.45, 7) is 0. The van der Waals surface area contributed by atoms with Crippen molar-refractivity contribution in [2.45, 2.75) is 0 Å². The van der Waals surface area contributed by atoms with Crippen LogP contribution in [0.3, 0.4) is 0 Å². The number of pyridine rings is 1. The van der Waals surface area contributed by atoms with E-state index in [0.717, 1.165) is 0 Å². The molecule has 0 aliphatic carbocycles. The van der Waals surface area contributed by atoms with Gasteiger partial charge in [0.15, 0.2) is 0 Å². The van der Waals surface area contributed by atoms with E-state index in [1.807, 2.05) is 0 Å². The molecule has 0 amide bonds. The fourth-order valence-corrected chi connectivity index (χ4v) is 0.480. The molecule has 1 aromatic heterocycles. The number of halogens is 2. The molecule has 0 spiro atoms. The average molecular weight is 219 g/mol. The Kier molecular flexibility index (Phi) is 4.54. The molecule has 4 heteroatoms. The van der Waals surface area contributed by atoms with E-state index in [1.54, 1.807) is 0 Å². The monoisotopic (exact) mass is 219 g/mol. The zero-order valence-electron chi connectivity index (χ0n) is 4.44. The maximum atomic E-state index is 11.9. The largest absolute Gasteiger partial charge is 0.246 e. The molecule has 9 heavy (non-hydrogen) atoms. The summed E-state index contributed by atoms with van der Waals surface area (Å²) in [6, 6.07) is 5.05. The van der Waals surface area contributed by atoms with E-state index < -0.39 is 5.95 Å². The van der Waals surface area contributed by atoms with Gasteiger partial charge in [0.05, 0.1) is 5.15 Å². The van der Waals surface area contributed by atoms with E-state index in [4.69, 9.17) is 11.6 Å². The van der Waals surface area contributed by atoms with Crippen LogP contribution in [0.4, 0.5) is 4.39 Å². The zero-order valence-corrected chi connectivity index (χ0v) is 8.03. The van der Waals surface area contributed by atoms with Crippen LogP contribution in [-0.2, 0) is 32.7 Å². The average Bonchev–Trinajstić information content (AvgIpc) is 1.64. The van der Waals surface area contributed by atoms with E-state index in [0.29, 0.717) is 0 Å². The van der Waals surface area contributed by atoms with Crippen molar-refractivity contribution in [3.8, 4) is 0 Å². The molecule has 0 saturated carbocycles. The van der Waals surface area contributed by atoms with Crippen LogP contribution in [0, 0.1) is 12.0 Å². The smallest absolute Gasteiger partial charge is 0.122 e. The van der Waals surface area contributed by atoms with Gasteiger partial charge in [-0.05, 0) is 0 Å². The second kappa shape index (κ2) is 4.31. The van der Waals surface area contributed by atoms with Crippen LogP contribution in [0.25, 0.3) is 0 Å². The molecule has 0 aliphatic heterocycles. The number of nitrogens with zero attached hydrogens (tertiary/aromatic N) is 1. The quantitative estimate of drug-likeness (QED) is 0.478. The van der Waals surface area contributed by atoms with Crippen molar-refractivity contribution < 1.29 is 37.1 Å². The third-order valence-corrected chi connectivity index (χ3v) is 0.839. The molecule has 0 aliphatic rings. The van der Waals surface area contributed by atoms with Gasteiger partial charge in [-0.25, -0.2) is 15.4 Å². The van der Waals surface area contributed by atoms with E-state index >= 15 is 0 Å². The molecule has 1 aromatic rings. The SMILES string of the molecule is Fc1[c-]ccc(Cl)n1.[Y]. The Morgan fingerprint density at radius 3 is 2.67 bits per heavy atom. The number of aromatic nitrogens is 1. The molecule has 1 nitrogen and oxygen atoms in total. The minimum Gasteiger partial charge on any atom is -0.246 e. The van der Waals surface area contributed by atoms with Crippen LogP contribution in [0.5, 0.6) is 0 Å². The second-order valence-corrected chi connectivity index (χ2v) is 1.59. The molecule has 0 bridgehead atoms. The van der Waals surface area contributed by atoms with E-state index in [2.05, 4.69) is 11.1 Å². The predicted octanol–water partition coefficient (Wildman–Crippen LogP) is 1.67. The minimum atomic E-state index is -0.669. The van der Waals surface area contributed by atoms with Crippen molar-refractivity contribution in [2.24, 2.45) is 0 Å². The first-order valence-electron chi connectivity index (χ1n) is 1.99. The van der Waals surface area contributed by atoms with Crippen molar-refractivity contribution in [1.82, 2.24) is 4.98 Å². The maximum absolute atomic E-state index is 11.9. The summed E-state index contributed by atoms with van der Waals surface area (Å²) in [7, 11) is 0. The van der Waals surface area contributed by atoms with Gasteiger partial charge in [-0.3, -0.25) is 0 Å². The first kappa shape index (κ1) is 9.47. The van der Waals surface area contributed by atoms with E-state index in [-0.39, 0.29) is 37.9 Å². The van der Waals surface area contributed by atoms with Crippen LogP contribution < -0.4 is 0 Å². The predicted molar refractivity (Wildman–Crippen MR) is 28.0 cm³/mol. The molecule has 0 fully saturated rings. The van der Waals surface area contributed by atoms with E-state index in [9.17, 15) is 4.39 Å². The summed E-state index contributed by atoms with van der Waals surface area (Å²) in [5.41, 5.74) is 0. The molecule has 1 heterocycles. The van der Waals surface area contributed by atoms with Crippen LogP contribution in [0.1, 0.15) is 0 Å². The third kappa shape index (κ3) is 3.24. The Morgan fingerprint density at radius 1 is 1.67 bits per heavy atom. The molecule has 1 rings (SSSR count). The molecule has 0 unspecified atom stereocenters. The Morgan fingerprint density at radius 2 is 2.33 bits per heavy atom. The Balaban J connectivity index is 0.000000640. The summed E-state index contributed by atoms with van der Waals surface area (Å²) in [5.74, 6) is -0.669. The van der Waals surface area contributed by atoms with Gasteiger partial charge in [0.25, 0.3) is 0 Å². The summed E-state index contributed by atoms with van der Waals surface area (Å²) in [6.07, 6.45) is 0. The van der Waals surface area contributed by atoms with Gasteiger partial charge < -0.3 is 0 Å². The summed E-state index contributed by atoms with van der Waals surface area (Å²) >= 11 is 5.27. The second-order valence-electron chi connectivity index (χ2n) is 1.20. The summed E-state index contributed by atoms with van der Waals surface area (Å²) < 4.78 is 11.9. The standard InChI is InChI=1S/C5H2ClFN.Y/c6-4-2-1-3-5(7)8-4;/h1-2H;/q-1;. The van der Waals surface area contributed by atoms with Gasteiger partial charge in [0, 0.05) is 32.7 Å². The van der Waals surface area contributed by atoms with Gasteiger partial charge in [-0.15, -0.1) is 0 Å². The molecule has 1 radical (unpaired) electrons. The van der Waals surface area contributed by atoms with Gasteiger partial charge in [-0.2, -0.15) is 12.1 Å². The zero-order chi connectivity index (χ0) is 5.98. The van der Waals surface area contributed by atoms with Crippen molar-refractivity contribution in [2.75, 3.05) is 0 Å². The minimum absolute atomic E-state index is 0. The fraction of sp³-hybridized carbons (Fsp3) is 0. The first-order valence-corrected chi connectivity index (χ1v) is 2.36. The first-order chi connectivity index (χ1) is 3.79. The molecule has 0 atom stereocenters. The van der Waals surface area contributed by atoms with E-state index in [1.165, 1.54) is 12.1 Å². The Hall–Kier alpha value is 0.474. The van der Waals surface area contributed by atoms with Gasteiger partial charge in [0.1, 0.15) is 5.95 Å². The molecule has 45 valence electrons. The Labute approximate surface area is 82.5 Å². The van der Waals surface area contributed by atoms with Crippen molar-refractivity contribution in [1.29, 1.82) is 0 Å². The normalized spacial score (nSPS) is 8.22. The van der Waals surface area contributed by atoms with Crippen molar-refractivity contribution >= 4 is 11.6 Å². The number of hydrogen-bond acceptors (Lipinski definition) is 1. The third-order valence-electron chi connectivity index (χ3n) is 0.628. The maximum Gasteiger partial charge on any atom is 0.122 e. The van der Waals surface area contributed by atoms with Crippen molar-refractivity contribution in [3.63, 3.8) is 0 Å². The van der Waals surface area contributed by atoms with Crippen LogP contribution in [0.2, 0.25) is 5.15 Å².